The Balaban J connectivity index is 2.07. The summed E-state index contributed by atoms with van der Waals surface area (Å²) in [5, 5.41) is 9.49. The molecule has 0 aliphatic carbocycles. The molecule has 2 heterocycles. The maximum atomic E-state index is 14.3. The number of carbonyl (C=O) groups is 1. The van der Waals surface area contributed by atoms with E-state index in [2.05, 4.69) is 0 Å². The van der Waals surface area contributed by atoms with Crippen molar-refractivity contribution in [2.75, 3.05) is 6.54 Å². The molecule has 0 amide bonds. The van der Waals surface area contributed by atoms with E-state index in [-0.39, 0.29) is 5.56 Å². The summed E-state index contributed by atoms with van der Waals surface area (Å²) in [6, 6.07) is 5.28. The molecule has 0 bridgehead atoms. The van der Waals surface area contributed by atoms with Gasteiger partial charge in [0.05, 0.1) is 12.3 Å². The van der Waals surface area contributed by atoms with Gasteiger partial charge in [0, 0.05) is 18.2 Å². The van der Waals surface area contributed by atoms with Crippen molar-refractivity contribution in [2.24, 2.45) is 0 Å². The van der Waals surface area contributed by atoms with Gasteiger partial charge in [-0.3, -0.25) is 9.69 Å². The number of nitrogens with zero attached hydrogens (tertiary/aromatic N) is 1. The fraction of sp³-hybridized carbons (Fsp3) is 0.353. The van der Waals surface area contributed by atoms with Crippen LogP contribution in [0.2, 0.25) is 0 Å². The van der Waals surface area contributed by atoms with Crippen LogP contribution in [-0.2, 0) is 4.79 Å². The number of furan rings is 1. The van der Waals surface area contributed by atoms with Crippen molar-refractivity contribution in [2.45, 2.75) is 31.3 Å². The molecule has 1 N–H and O–H groups in total. The van der Waals surface area contributed by atoms with E-state index >= 15 is 0 Å². The van der Waals surface area contributed by atoms with Gasteiger partial charge in [0.2, 0.25) is 0 Å². The molecule has 0 radical (unpaired) electrons. The summed E-state index contributed by atoms with van der Waals surface area (Å²) in [4.78, 5) is 13.3. The number of rotatable bonds is 4. The summed E-state index contributed by atoms with van der Waals surface area (Å²) in [7, 11) is 0. The van der Waals surface area contributed by atoms with Gasteiger partial charge in [0.1, 0.15) is 23.4 Å². The molecule has 1 fully saturated rings. The number of hydrogen-bond acceptors (Lipinski definition) is 3. The number of hydrogen-bond donors (Lipinski definition) is 1. The summed E-state index contributed by atoms with van der Waals surface area (Å²) in [6.07, 6.45) is 3.59. The number of likely N-dealkylation sites (tertiary alicyclic amines) is 1. The smallest absolute Gasteiger partial charge is 0.320 e. The number of benzene rings is 1. The zero-order chi connectivity index (χ0) is 16.4. The van der Waals surface area contributed by atoms with Gasteiger partial charge in [-0.15, -0.1) is 0 Å². The van der Waals surface area contributed by atoms with E-state index in [9.17, 15) is 18.7 Å². The maximum absolute atomic E-state index is 14.3. The SMILES string of the molecule is O=C(O)C1CCCCN1C(c1ccco1)c1ccc(F)cc1F. The molecule has 2 aromatic rings. The molecule has 1 aromatic heterocycles. The predicted molar refractivity (Wildman–Crippen MR) is 78.9 cm³/mol. The van der Waals surface area contributed by atoms with Gasteiger partial charge in [-0.2, -0.15) is 0 Å². The zero-order valence-electron chi connectivity index (χ0n) is 12.4. The molecule has 6 heteroatoms. The highest BCUT2D eigenvalue weighted by Gasteiger charge is 2.37. The van der Waals surface area contributed by atoms with Crippen LogP contribution in [0.15, 0.2) is 41.0 Å². The summed E-state index contributed by atoms with van der Waals surface area (Å²) >= 11 is 0. The molecule has 0 spiro atoms. The second-order valence-electron chi connectivity index (χ2n) is 5.67. The van der Waals surface area contributed by atoms with Gasteiger partial charge >= 0.3 is 5.97 Å². The summed E-state index contributed by atoms with van der Waals surface area (Å²) in [6.45, 7) is 0.513. The zero-order valence-corrected chi connectivity index (χ0v) is 12.4. The van der Waals surface area contributed by atoms with Crippen LogP contribution in [0.5, 0.6) is 0 Å². The fourth-order valence-electron chi connectivity index (χ4n) is 3.19. The Morgan fingerprint density at radius 3 is 2.78 bits per heavy atom. The molecule has 1 aliphatic rings. The van der Waals surface area contributed by atoms with E-state index in [0.29, 0.717) is 18.7 Å². The Hall–Kier alpha value is -2.21. The van der Waals surface area contributed by atoms with Crippen LogP contribution in [0.3, 0.4) is 0 Å². The first-order chi connectivity index (χ1) is 11.1. The lowest BCUT2D eigenvalue weighted by molar-refractivity contribution is -0.145. The lowest BCUT2D eigenvalue weighted by atomic mass is 9.94. The molecule has 1 aromatic carbocycles. The molecule has 4 nitrogen and oxygen atoms in total. The van der Waals surface area contributed by atoms with Crippen molar-refractivity contribution < 1.29 is 23.1 Å². The minimum Gasteiger partial charge on any atom is -0.480 e. The molecule has 2 unspecified atom stereocenters. The van der Waals surface area contributed by atoms with E-state index in [1.807, 2.05) is 0 Å². The van der Waals surface area contributed by atoms with Crippen LogP contribution in [0.25, 0.3) is 0 Å². The summed E-state index contributed by atoms with van der Waals surface area (Å²) in [5.74, 6) is -1.87. The second-order valence-corrected chi connectivity index (χ2v) is 5.67. The van der Waals surface area contributed by atoms with Crippen LogP contribution in [0.4, 0.5) is 8.78 Å². The van der Waals surface area contributed by atoms with Crippen molar-refractivity contribution in [3.8, 4) is 0 Å². The Labute approximate surface area is 132 Å². The number of carboxylic acid groups (broad SMARTS) is 1. The quantitative estimate of drug-likeness (QED) is 0.935. The highest BCUT2D eigenvalue weighted by Crippen LogP contribution is 2.35. The van der Waals surface area contributed by atoms with Crippen LogP contribution in [0, 0.1) is 11.6 Å². The molecular weight excluding hydrogens is 304 g/mol. The van der Waals surface area contributed by atoms with Crippen LogP contribution in [-0.4, -0.2) is 28.6 Å². The Morgan fingerprint density at radius 2 is 2.13 bits per heavy atom. The number of piperidine rings is 1. The lowest BCUT2D eigenvalue weighted by Gasteiger charge is -2.38. The molecular formula is C17H17F2NO3. The fourth-order valence-corrected chi connectivity index (χ4v) is 3.19. The Morgan fingerprint density at radius 1 is 1.30 bits per heavy atom. The minimum atomic E-state index is -0.941. The molecule has 1 saturated heterocycles. The maximum Gasteiger partial charge on any atom is 0.320 e. The second kappa shape index (κ2) is 6.50. The largest absolute Gasteiger partial charge is 0.480 e. The Kier molecular flexibility index (Phi) is 4.43. The van der Waals surface area contributed by atoms with Gasteiger partial charge in [-0.05, 0) is 31.0 Å². The van der Waals surface area contributed by atoms with Gasteiger partial charge < -0.3 is 9.52 Å². The molecule has 2 atom stereocenters. The van der Waals surface area contributed by atoms with Crippen molar-refractivity contribution in [3.05, 3.63) is 59.6 Å². The van der Waals surface area contributed by atoms with E-state index in [1.165, 1.54) is 18.4 Å². The van der Waals surface area contributed by atoms with E-state index in [1.54, 1.807) is 17.0 Å². The third-order valence-electron chi connectivity index (χ3n) is 4.23. The third-order valence-corrected chi connectivity index (χ3v) is 4.23. The molecule has 23 heavy (non-hydrogen) atoms. The highest BCUT2D eigenvalue weighted by molar-refractivity contribution is 5.73. The number of aliphatic carboxylic acids is 1. The van der Waals surface area contributed by atoms with E-state index in [4.69, 9.17) is 4.42 Å². The molecule has 122 valence electrons. The van der Waals surface area contributed by atoms with Crippen molar-refractivity contribution in [1.82, 2.24) is 4.90 Å². The van der Waals surface area contributed by atoms with E-state index in [0.717, 1.165) is 18.9 Å². The number of carboxylic acids is 1. The van der Waals surface area contributed by atoms with Crippen molar-refractivity contribution >= 4 is 5.97 Å². The normalized spacial score (nSPS) is 20.3. The first-order valence-electron chi connectivity index (χ1n) is 7.55. The van der Waals surface area contributed by atoms with Crippen LogP contribution >= 0.6 is 0 Å². The average Bonchev–Trinajstić information content (AvgIpc) is 3.04. The van der Waals surface area contributed by atoms with Crippen LogP contribution < -0.4 is 0 Å². The van der Waals surface area contributed by atoms with Gasteiger partial charge in [-0.1, -0.05) is 12.5 Å². The number of halogens is 2. The summed E-state index contributed by atoms with van der Waals surface area (Å²) < 4.78 is 33.0. The van der Waals surface area contributed by atoms with Gasteiger partial charge in [0.15, 0.2) is 0 Å². The third kappa shape index (κ3) is 3.12. The van der Waals surface area contributed by atoms with Gasteiger partial charge in [-0.25, -0.2) is 8.78 Å². The molecule has 3 rings (SSSR count). The monoisotopic (exact) mass is 321 g/mol. The van der Waals surface area contributed by atoms with Crippen molar-refractivity contribution in [3.63, 3.8) is 0 Å². The van der Waals surface area contributed by atoms with Crippen molar-refractivity contribution in [1.29, 1.82) is 0 Å². The highest BCUT2D eigenvalue weighted by atomic mass is 19.1. The summed E-state index contributed by atoms with van der Waals surface area (Å²) in [5.41, 5.74) is 0.217. The predicted octanol–water partition coefficient (Wildman–Crippen LogP) is 3.59. The molecule has 1 aliphatic heterocycles. The van der Waals surface area contributed by atoms with Gasteiger partial charge in [0.25, 0.3) is 0 Å². The topological polar surface area (TPSA) is 53.7 Å². The Bertz CT molecular complexity index is 687. The molecule has 0 saturated carbocycles. The van der Waals surface area contributed by atoms with Crippen LogP contribution in [0.1, 0.15) is 36.6 Å². The minimum absolute atomic E-state index is 0.217. The lowest BCUT2D eigenvalue weighted by Crippen LogP contribution is -2.47. The standard InChI is InChI=1S/C17H17F2NO3/c18-11-6-7-12(13(19)10-11)16(15-5-3-9-23-15)20-8-2-1-4-14(20)17(21)22/h3,5-7,9-10,14,16H,1-2,4,8H2,(H,21,22). The van der Waals surface area contributed by atoms with E-state index < -0.39 is 29.7 Å². The first kappa shape index (κ1) is 15.7. The average molecular weight is 321 g/mol. The first-order valence-corrected chi connectivity index (χ1v) is 7.55.